The summed E-state index contributed by atoms with van der Waals surface area (Å²) in [6.45, 7) is 4.04. The van der Waals surface area contributed by atoms with Crippen LogP contribution in [0.25, 0.3) is 10.9 Å². The number of aromatic amines is 1. The zero-order chi connectivity index (χ0) is 21.4. The summed E-state index contributed by atoms with van der Waals surface area (Å²) in [5.41, 5.74) is 1.75. The number of fused-ring (bicyclic) bond motifs is 1. The fourth-order valence-corrected chi connectivity index (χ4v) is 3.30. The third-order valence-electron chi connectivity index (χ3n) is 4.76. The lowest BCUT2D eigenvalue weighted by molar-refractivity contribution is -0.192. The van der Waals surface area contributed by atoms with Crippen LogP contribution < -0.4 is 10.6 Å². The van der Waals surface area contributed by atoms with Crippen LogP contribution in [-0.4, -0.2) is 59.5 Å². The summed E-state index contributed by atoms with van der Waals surface area (Å²) < 4.78 is 51.4. The minimum Gasteiger partial charge on any atom is -0.475 e. The van der Waals surface area contributed by atoms with E-state index in [1.807, 2.05) is 13.0 Å². The summed E-state index contributed by atoms with van der Waals surface area (Å²) in [7, 11) is 0. The number of amides is 1. The minimum absolute atomic E-state index is 0.00703. The van der Waals surface area contributed by atoms with Crippen LogP contribution in [0, 0.1) is 12.7 Å². The van der Waals surface area contributed by atoms with Gasteiger partial charge in [-0.05, 0) is 30.7 Å². The van der Waals surface area contributed by atoms with Crippen molar-refractivity contribution in [3.05, 3.63) is 35.3 Å². The molecule has 2 aliphatic rings. The number of aliphatic carboxylic acids is 1. The van der Waals surface area contributed by atoms with Gasteiger partial charge in [0.1, 0.15) is 11.5 Å². The number of carboxylic acid groups (broad SMARTS) is 1. The number of aromatic nitrogens is 1. The molecular formula is C18H19F4N3O4. The predicted molar refractivity (Wildman–Crippen MR) is 94.1 cm³/mol. The van der Waals surface area contributed by atoms with Gasteiger partial charge in [0.15, 0.2) is 0 Å². The number of ether oxygens (including phenoxy) is 1. The van der Waals surface area contributed by atoms with Crippen LogP contribution in [0.4, 0.5) is 17.6 Å². The van der Waals surface area contributed by atoms with E-state index in [0.717, 1.165) is 25.1 Å². The minimum atomic E-state index is -5.08. The number of H-pyrrole nitrogens is 1. The van der Waals surface area contributed by atoms with Crippen molar-refractivity contribution < 1.29 is 37.0 Å². The summed E-state index contributed by atoms with van der Waals surface area (Å²) >= 11 is 0. The largest absolute Gasteiger partial charge is 0.490 e. The van der Waals surface area contributed by atoms with E-state index in [2.05, 4.69) is 15.6 Å². The lowest BCUT2D eigenvalue weighted by atomic mass is 9.92. The summed E-state index contributed by atoms with van der Waals surface area (Å²) in [5.74, 6) is -3.28. The van der Waals surface area contributed by atoms with Gasteiger partial charge in [0.05, 0.1) is 18.2 Å². The number of hydrogen-bond donors (Lipinski definition) is 4. The van der Waals surface area contributed by atoms with E-state index in [-0.39, 0.29) is 23.4 Å². The molecule has 2 aliphatic heterocycles. The van der Waals surface area contributed by atoms with Crippen molar-refractivity contribution in [2.75, 3.05) is 19.7 Å². The molecule has 0 aliphatic carbocycles. The molecule has 1 unspecified atom stereocenters. The molecule has 29 heavy (non-hydrogen) atoms. The Morgan fingerprint density at radius 2 is 1.93 bits per heavy atom. The Kier molecular flexibility index (Phi) is 5.54. The van der Waals surface area contributed by atoms with Gasteiger partial charge in [-0.2, -0.15) is 13.2 Å². The van der Waals surface area contributed by atoms with Crippen molar-refractivity contribution in [1.29, 1.82) is 0 Å². The third kappa shape index (κ3) is 4.67. The van der Waals surface area contributed by atoms with E-state index < -0.39 is 12.1 Å². The van der Waals surface area contributed by atoms with Crippen molar-refractivity contribution >= 4 is 22.8 Å². The molecule has 11 heteroatoms. The Hall–Kier alpha value is -2.66. The van der Waals surface area contributed by atoms with Crippen LogP contribution in [0.15, 0.2) is 18.2 Å². The van der Waals surface area contributed by atoms with E-state index in [1.165, 1.54) is 6.07 Å². The highest BCUT2D eigenvalue weighted by atomic mass is 19.4. The van der Waals surface area contributed by atoms with Gasteiger partial charge < -0.3 is 25.5 Å². The second-order valence-electron chi connectivity index (χ2n) is 7.17. The number of carbonyl (C=O) groups is 2. The number of benzene rings is 1. The fraction of sp³-hybridized carbons (Fsp3) is 0.444. The average molecular weight is 417 g/mol. The number of carboxylic acids is 1. The quantitative estimate of drug-likeness (QED) is 0.561. The zero-order valence-corrected chi connectivity index (χ0v) is 15.3. The first-order chi connectivity index (χ1) is 13.5. The summed E-state index contributed by atoms with van der Waals surface area (Å²) in [4.78, 5) is 24.2. The SMILES string of the molecule is Cc1cc(F)c2cc(C(=O)NC3COC4(CNC4)C3)[nH]c2c1.O=C(O)C(F)(F)F. The molecule has 4 N–H and O–H groups in total. The van der Waals surface area contributed by atoms with E-state index >= 15 is 0 Å². The highest BCUT2D eigenvalue weighted by Gasteiger charge is 2.45. The molecule has 2 aromatic rings. The number of aryl methyl sites for hydroxylation is 1. The maximum atomic E-state index is 13.9. The monoisotopic (exact) mass is 417 g/mol. The molecule has 4 rings (SSSR count). The molecule has 2 fully saturated rings. The van der Waals surface area contributed by atoms with Crippen LogP contribution in [0.3, 0.4) is 0 Å². The van der Waals surface area contributed by atoms with Crippen LogP contribution in [-0.2, 0) is 9.53 Å². The Balaban J connectivity index is 0.000000298. The van der Waals surface area contributed by atoms with Gasteiger partial charge in [-0.25, -0.2) is 9.18 Å². The normalized spacial score (nSPS) is 20.1. The Morgan fingerprint density at radius 1 is 1.28 bits per heavy atom. The van der Waals surface area contributed by atoms with E-state index in [9.17, 15) is 22.4 Å². The van der Waals surface area contributed by atoms with Crippen molar-refractivity contribution in [2.45, 2.75) is 31.2 Å². The van der Waals surface area contributed by atoms with Crippen LogP contribution >= 0.6 is 0 Å². The zero-order valence-electron chi connectivity index (χ0n) is 15.3. The maximum absolute atomic E-state index is 13.9. The predicted octanol–water partition coefficient (Wildman–Crippen LogP) is 2.11. The lowest BCUT2D eigenvalue weighted by Gasteiger charge is -2.38. The van der Waals surface area contributed by atoms with Crippen LogP contribution in [0.2, 0.25) is 0 Å². The first-order valence-electron chi connectivity index (χ1n) is 8.74. The van der Waals surface area contributed by atoms with Gasteiger partial charge >= 0.3 is 12.1 Å². The molecule has 2 saturated heterocycles. The Labute approximate surface area is 162 Å². The summed E-state index contributed by atoms with van der Waals surface area (Å²) in [5, 5.41) is 13.7. The standard InChI is InChI=1S/C16H18FN3O2.C2HF3O2/c1-9-2-12(17)11-4-14(20-13(11)3-9)15(21)19-10-5-16(22-6-10)7-18-8-16;3-2(4,5)1(6)7/h2-4,10,18,20H,5-8H2,1H3,(H,19,21);(H,6,7). The topological polar surface area (TPSA) is 103 Å². The van der Waals surface area contributed by atoms with E-state index in [1.54, 1.807) is 6.07 Å². The number of halogens is 4. The molecule has 1 amide bonds. The second-order valence-corrected chi connectivity index (χ2v) is 7.17. The fourth-order valence-electron chi connectivity index (χ4n) is 3.30. The van der Waals surface area contributed by atoms with Gasteiger partial charge in [-0.15, -0.1) is 0 Å². The smallest absolute Gasteiger partial charge is 0.475 e. The summed E-state index contributed by atoms with van der Waals surface area (Å²) in [6.07, 6.45) is -4.26. The van der Waals surface area contributed by atoms with Crippen LogP contribution in [0.5, 0.6) is 0 Å². The molecule has 1 aromatic heterocycles. The number of carbonyl (C=O) groups excluding carboxylic acids is 1. The molecule has 158 valence electrons. The molecular weight excluding hydrogens is 398 g/mol. The molecule has 0 radical (unpaired) electrons. The van der Waals surface area contributed by atoms with Crippen molar-refractivity contribution in [3.63, 3.8) is 0 Å². The van der Waals surface area contributed by atoms with Crippen LogP contribution in [0.1, 0.15) is 22.5 Å². The highest BCUT2D eigenvalue weighted by Crippen LogP contribution is 2.29. The third-order valence-corrected chi connectivity index (χ3v) is 4.76. The first kappa shape index (κ1) is 21.1. The van der Waals surface area contributed by atoms with Crippen molar-refractivity contribution in [3.8, 4) is 0 Å². The number of rotatable bonds is 2. The van der Waals surface area contributed by atoms with E-state index in [4.69, 9.17) is 14.6 Å². The number of alkyl halides is 3. The molecule has 3 heterocycles. The Bertz CT molecular complexity index is 937. The molecule has 1 atom stereocenters. The second kappa shape index (κ2) is 7.64. The highest BCUT2D eigenvalue weighted by molar-refractivity contribution is 5.98. The molecule has 1 aromatic carbocycles. The van der Waals surface area contributed by atoms with Crippen molar-refractivity contribution in [2.24, 2.45) is 0 Å². The van der Waals surface area contributed by atoms with Gasteiger partial charge in [-0.3, -0.25) is 4.79 Å². The number of nitrogens with one attached hydrogen (secondary N) is 3. The van der Waals surface area contributed by atoms with Gasteiger partial charge in [0.2, 0.25) is 0 Å². The molecule has 7 nitrogen and oxygen atoms in total. The molecule has 0 bridgehead atoms. The molecule has 0 saturated carbocycles. The van der Waals surface area contributed by atoms with Gasteiger partial charge in [-0.1, -0.05) is 0 Å². The van der Waals surface area contributed by atoms with E-state index in [0.29, 0.717) is 23.2 Å². The lowest BCUT2D eigenvalue weighted by Crippen LogP contribution is -2.59. The number of hydrogen-bond acceptors (Lipinski definition) is 4. The molecule has 1 spiro atoms. The van der Waals surface area contributed by atoms with Gasteiger partial charge in [0.25, 0.3) is 5.91 Å². The maximum Gasteiger partial charge on any atom is 0.490 e. The first-order valence-corrected chi connectivity index (χ1v) is 8.74. The van der Waals surface area contributed by atoms with Gasteiger partial charge in [0, 0.05) is 30.4 Å². The average Bonchev–Trinajstić information content (AvgIpc) is 3.18. The van der Waals surface area contributed by atoms with Crippen molar-refractivity contribution in [1.82, 2.24) is 15.6 Å². The Morgan fingerprint density at radius 3 is 2.45 bits per heavy atom. The summed E-state index contributed by atoms with van der Waals surface area (Å²) in [6, 6.07) is 4.88.